The van der Waals surface area contributed by atoms with Crippen LogP contribution in [-0.4, -0.2) is 6.54 Å². The van der Waals surface area contributed by atoms with E-state index in [1.807, 2.05) is 0 Å². The molecule has 0 bridgehead atoms. The molecular formula is C15H20N2. The zero-order valence-corrected chi connectivity index (χ0v) is 10.3. The molecule has 1 N–H and O–H groups in total. The molecule has 0 atom stereocenters. The van der Waals surface area contributed by atoms with E-state index < -0.39 is 0 Å². The number of nitriles is 1. The van der Waals surface area contributed by atoms with E-state index >= 15 is 0 Å². The first-order valence-corrected chi connectivity index (χ1v) is 6.55. The monoisotopic (exact) mass is 228 g/mol. The minimum Gasteiger partial charge on any atom is -0.307 e. The van der Waals surface area contributed by atoms with Crippen molar-refractivity contribution in [2.75, 3.05) is 6.54 Å². The highest BCUT2D eigenvalue weighted by atomic mass is 15.0. The third-order valence-electron chi connectivity index (χ3n) is 3.71. The maximum Gasteiger partial charge on any atom is 0.0621 e. The summed E-state index contributed by atoms with van der Waals surface area (Å²) in [6, 6.07) is 13.0. The van der Waals surface area contributed by atoms with Crippen molar-refractivity contribution in [3.8, 4) is 6.07 Å². The Labute approximate surface area is 104 Å². The first-order chi connectivity index (χ1) is 8.37. The summed E-state index contributed by atoms with van der Waals surface area (Å²) in [5.41, 5.74) is 1.65. The average molecular weight is 228 g/mol. The minimum atomic E-state index is 0.230. The third-order valence-corrected chi connectivity index (χ3v) is 3.71. The molecule has 2 rings (SSSR count). The summed E-state index contributed by atoms with van der Waals surface area (Å²) in [6.07, 6.45) is 6.60. The Morgan fingerprint density at radius 3 is 2.53 bits per heavy atom. The number of unbranched alkanes of at least 4 members (excludes halogenated alkanes) is 2. The molecule has 1 aromatic carbocycles. The SMILES string of the molecule is N#CCCCCNC1(c2ccccc2)CCC1. The van der Waals surface area contributed by atoms with E-state index in [0.717, 1.165) is 19.4 Å². The largest absolute Gasteiger partial charge is 0.307 e. The van der Waals surface area contributed by atoms with Crippen LogP contribution in [0.1, 0.15) is 44.1 Å². The summed E-state index contributed by atoms with van der Waals surface area (Å²) >= 11 is 0. The van der Waals surface area contributed by atoms with Crippen molar-refractivity contribution in [1.29, 1.82) is 5.26 Å². The molecule has 17 heavy (non-hydrogen) atoms. The molecule has 0 radical (unpaired) electrons. The standard InChI is InChI=1S/C15H20N2/c16-12-5-2-6-13-17-15(10-7-11-15)14-8-3-1-4-9-14/h1,3-4,8-9,17H,2,5-7,10-11,13H2. The lowest BCUT2D eigenvalue weighted by Gasteiger charge is -2.43. The first kappa shape index (κ1) is 12.1. The van der Waals surface area contributed by atoms with Crippen LogP contribution in [0.4, 0.5) is 0 Å². The summed E-state index contributed by atoms with van der Waals surface area (Å²) in [7, 11) is 0. The predicted molar refractivity (Wildman–Crippen MR) is 69.4 cm³/mol. The number of rotatable bonds is 6. The van der Waals surface area contributed by atoms with Crippen LogP contribution in [0.25, 0.3) is 0 Å². The molecule has 1 aliphatic carbocycles. The lowest BCUT2D eigenvalue weighted by molar-refractivity contribution is 0.185. The summed E-state index contributed by atoms with van der Waals surface area (Å²) in [6.45, 7) is 1.02. The number of nitrogens with one attached hydrogen (secondary N) is 1. The zero-order chi connectivity index (χ0) is 12.0. The van der Waals surface area contributed by atoms with Gasteiger partial charge in [0.25, 0.3) is 0 Å². The van der Waals surface area contributed by atoms with E-state index in [4.69, 9.17) is 5.26 Å². The van der Waals surface area contributed by atoms with Gasteiger partial charge in [-0.25, -0.2) is 0 Å². The minimum absolute atomic E-state index is 0.230. The quantitative estimate of drug-likeness (QED) is 0.758. The molecule has 90 valence electrons. The van der Waals surface area contributed by atoms with Gasteiger partial charge in [0.05, 0.1) is 6.07 Å². The topological polar surface area (TPSA) is 35.8 Å². The van der Waals surface area contributed by atoms with Gasteiger partial charge < -0.3 is 5.32 Å². The predicted octanol–water partition coefficient (Wildman–Crippen LogP) is 3.35. The Bertz CT molecular complexity index is 374. The van der Waals surface area contributed by atoms with Gasteiger partial charge in [0, 0.05) is 12.0 Å². The fourth-order valence-electron chi connectivity index (χ4n) is 2.51. The van der Waals surface area contributed by atoms with Gasteiger partial charge in [0.1, 0.15) is 0 Å². The molecule has 0 heterocycles. The number of nitrogens with zero attached hydrogens (tertiary/aromatic N) is 1. The summed E-state index contributed by atoms with van der Waals surface area (Å²) in [5.74, 6) is 0. The fourth-order valence-corrected chi connectivity index (χ4v) is 2.51. The normalized spacial score (nSPS) is 17.1. The van der Waals surface area contributed by atoms with Crippen LogP contribution in [0, 0.1) is 11.3 Å². The van der Waals surface area contributed by atoms with Crippen molar-refractivity contribution in [2.24, 2.45) is 0 Å². The Balaban J connectivity index is 1.86. The van der Waals surface area contributed by atoms with Gasteiger partial charge in [-0.1, -0.05) is 30.3 Å². The molecule has 1 fully saturated rings. The molecule has 0 aromatic heterocycles. The molecule has 2 heteroatoms. The molecule has 1 aliphatic rings. The molecule has 2 nitrogen and oxygen atoms in total. The number of hydrogen-bond donors (Lipinski definition) is 1. The first-order valence-electron chi connectivity index (χ1n) is 6.55. The van der Waals surface area contributed by atoms with E-state index in [1.165, 1.54) is 24.8 Å². The van der Waals surface area contributed by atoms with Gasteiger partial charge >= 0.3 is 0 Å². The van der Waals surface area contributed by atoms with Gasteiger partial charge in [-0.2, -0.15) is 5.26 Å². The fraction of sp³-hybridized carbons (Fsp3) is 0.533. The average Bonchev–Trinajstić information content (AvgIpc) is 2.33. The molecule has 0 saturated heterocycles. The number of benzene rings is 1. The second-order valence-electron chi connectivity index (χ2n) is 4.84. The Hall–Kier alpha value is -1.33. The summed E-state index contributed by atoms with van der Waals surface area (Å²) in [5, 5.41) is 12.2. The van der Waals surface area contributed by atoms with E-state index in [0.29, 0.717) is 6.42 Å². The van der Waals surface area contributed by atoms with Gasteiger partial charge in [-0.05, 0) is 44.2 Å². The highest BCUT2D eigenvalue weighted by Gasteiger charge is 2.37. The van der Waals surface area contributed by atoms with E-state index in [1.54, 1.807) is 0 Å². The van der Waals surface area contributed by atoms with E-state index in [-0.39, 0.29) is 5.54 Å². The maximum absolute atomic E-state index is 8.49. The number of hydrogen-bond acceptors (Lipinski definition) is 2. The van der Waals surface area contributed by atoms with Crippen LogP contribution in [0.2, 0.25) is 0 Å². The van der Waals surface area contributed by atoms with Gasteiger partial charge in [0.2, 0.25) is 0 Å². The van der Waals surface area contributed by atoms with E-state index in [9.17, 15) is 0 Å². The van der Waals surface area contributed by atoms with Crippen LogP contribution in [0.5, 0.6) is 0 Å². The maximum atomic E-state index is 8.49. The molecule has 0 aliphatic heterocycles. The Kier molecular flexibility index (Phi) is 4.17. The van der Waals surface area contributed by atoms with Crippen molar-refractivity contribution in [2.45, 2.75) is 44.1 Å². The van der Waals surface area contributed by atoms with Crippen molar-refractivity contribution >= 4 is 0 Å². The van der Waals surface area contributed by atoms with Gasteiger partial charge in [-0.15, -0.1) is 0 Å². The zero-order valence-electron chi connectivity index (χ0n) is 10.3. The molecule has 1 saturated carbocycles. The summed E-state index contributed by atoms with van der Waals surface area (Å²) < 4.78 is 0. The Morgan fingerprint density at radius 2 is 1.94 bits per heavy atom. The molecule has 1 aromatic rings. The lowest BCUT2D eigenvalue weighted by Crippen LogP contribution is -2.48. The smallest absolute Gasteiger partial charge is 0.0621 e. The second kappa shape index (κ2) is 5.84. The molecule has 0 spiro atoms. The van der Waals surface area contributed by atoms with Crippen LogP contribution in [-0.2, 0) is 5.54 Å². The second-order valence-corrected chi connectivity index (χ2v) is 4.84. The molecule has 0 unspecified atom stereocenters. The molecule has 0 amide bonds. The highest BCUT2D eigenvalue weighted by molar-refractivity contribution is 5.26. The van der Waals surface area contributed by atoms with Crippen molar-refractivity contribution in [1.82, 2.24) is 5.32 Å². The van der Waals surface area contributed by atoms with Crippen LogP contribution < -0.4 is 5.32 Å². The van der Waals surface area contributed by atoms with Crippen LogP contribution >= 0.6 is 0 Å². The summed E-state index contributed by atoms with van der Waals surface area (Å²) in [4.78, 5) is 0. The van der Waals surface area contributed by atoms with Gasteiger partial charge in [-0.3, -0.25) is 0 Å². The highest BCUT2D eigenvalue weighted by Crippen LogP contribution is 2.41. The van der Waals surface area contributed by atoms with Crippen LogP contribution in [0.3, 0.4) is 0 Å². The molecular weight excluding hydrogens is 208 g/mol. The lowest BCUT2D eigenvalue weighted by atomic mass is 9.72. The van der Waals surface area contributed by atoms with Crippen LogP contribution in [0.15, 0.2) is 30.3 Å². The van der Waals surface area contributed by atoms with Crippen molar-refractivity contribution < 1.29 is 0 Å². The van der Waals surface area contributed by atoms with Crippen molar-refractivity contribution in [3.05, 3.63) is 35.9 Å². The van der Waals surface area contributed by atoms with Crippen molar-refractivity contribution in [3.63, 3.8) is 0 Å². The van der Waals surface area contributed by atoms with E-state index in [2.05, 4.69) is 41.7 Å². The van der Waals surface area contributed by atoms with Gasteiger partial charge in [0.15, 0.2) is 0 Å². The Morgan fingerprint density at radius 1 is 1.18 bits per heavy atom. The third kappa shape index (κ3) is 2.87.